The first-order valence-electron chi connectivity index (χ1n) is 5.20. The molecule has 1 aromatic carbocycles. The Morgan fingerprint density at radius 2 is 2.17 bits per heavy atom. The highest BCUT2D eigenvalue weighted by Crippen LogP contribution is 2.24. The predicted octanol–water partition coefficient (Wildman–Crippen LogP) is 1.58. The largest absolute Gasteiger partial charge is 0.326 e. The van der Waals surface area contributed by atoms with E-state index in [4.69, 9.17) is 4.55 Å². The summed E-state index contributed by atoms with van der Waals surface area (Å²) in [5.41, 5.74) is 4.70. The molecular formula is C12H11NO4S. The quantitative estimate of drug-likeness (QED) is 0.628. The normalized spacial score (nSPS) is 13.8. The zero-order valence-electron chi connectivity index (χ0n) is 9.60. The van der Waals surface area contributed by atoms with Crippen molar-refractivity contribution < 1.29 is 17.8 Å². The van der Waals surface area contributed by atoms with Crippen molar-refractivity contribution in [3.63, 3.8) is 0 Å². The first-order valence-corrected chi connectivity index (χ1v) is 6.64. The zero-order chi connectivity index (χ0) is 13.3. The smallest absolute Gasteiger partial charge is 0.298 e. The Morgan fingerprint density at radius 3 is 2.78 bits per heavy atom. The summed E-state index contributed by atoms with van der Waals surface area (Å²) in [6.45, 7) is 1.41. The fraction of sp³-hybridized carbons (Fsp3) is 0.167. The van der Waals surface area contributed by atoms with Gasteiger partial charge < -0.3 is 5.32 Å². The second-order valence-electron chi connectivity index (χ2n) is 3.96. The fourth-order valence-electron chi connectivity index (χ4n) is 1.72. The number of hydrogen-bond donors (Lipinski definition) is 2. The Morgan fingerprint density at radius 1 is 1.44 bits per heavy atom. The molecule has 0 aromatic heterocycles. The van der Waals surface area contributed by atoms with Gasteiger partial charge in [0.05, 0.1) is 0 Å². The molecule has 0 unspecified atom stereocenters. The van der Waals surface area contributed by atoms with Gasteiger partial charge >= 0.3 is 0 Å². The Labute approximate surface area is 105 Å². The number of allylic oxidation sites excluding steroid dienone is 1. The Hall–Kier alpha value is -1.88. The molecule has 5 nitrogen and oxygen atoms in total. The summed E-state index contributed by atoms with van der Waals surface area (Å²) in [5, 5.41) is 2.64. The van der Waals surface area contributed by atoms with E-state index in [1.807, 2.05) is 0 Å². The molecule has 0 radical (unpaired) electrons. The van der Waals surface area contributed by atoms with Gasteiger partial charge in [0.25, 0.3) is 10.1 Å². The summed E-state index contributed by atoms with van der Waals surface area (Å²) in [4.78, 5) is 10.8. The lowest BCUT2D eigenvalue weighted by Crippen LogP contribution is -2.09. The van der Waals surface area contributed by atoms with E-state index in [9.17, 15) is 13.2 Å². The van der Waals surface area contributed by atoms with Gasteiger partial charge in [-0.25, -0.2) is 0 Å². The van der Waals surface area contributed by atoms with Crippen LogP contribution in [0.3, 0.4) is 0 Å². The first-order chi connectivity index (χ1) is 8.36. The van der Waals surface area contributed by atoms with Gasteiger partial charge in [0, 0.05) is 19.0 Å². The Bertz CT molecular complexity index is 682. The molecule has 0 bridgehead atoms. The molecular weight excluding hydrogens is 254 g/mol. The van der Waals surface area contributed by atoms with Crippen molar-refractivity contribution in [1.29, 1.82) is 0 Å². The van der Waals surface area contributed by atoms with Gasteiger partial charge in [-0.2, -0.15) is 8.42 Å². The van der Waals surface area contributed by atoms with Crippen molar-refractivity contribution in [1.82, 2.24) is 0 Å². The number of carbonyl (C=O) groups is 1. The fourth-order valence-corrected chi connectivity index (χ4v) is 2.26. The lowest BCUT2D eigenvalue weighted by Gasteiger charge is -2.12. The summed E-state index contributed by atoms with van der Waals surface area (Å²) >= 11 is 0. The molecule has 0 fully saturated rings. The molecule has 0 aliphatic heterocycles. The average Bonchev–Trinajstić information content (AvgIpc) is 2.26. The maximum atomic E-state index is 11.0. The lowest BCUT2D eigenvalue weighted by atomic mass is 10.0. The number of benzene rings is 1. The molecule has 0 saturated heterocycles. The van der Waals surface area contributed by atoms with Gasteiger partial charge in [-0.3, -0.25) is 9.35 Å². The summed E-state index contributed by atoms with van der Waals surface area (Å²) in [5.74, 6) is -0.177. The number of hydrogen-bond acceptors (Lipinski definition) is 3. The zero-order valence-corrected chi connectivity index (χ0v) is 10.4. The highest BCUT2D eigenvalue weighted by molar-refractivity contribution is 7.89. The summed E-state index contributed by atoms with van der Waals surface area (Å²) in [6, 6.07) is 5.12. The number of anilines is 1. The van der Waals surface area contributed by atoms with Crippen LogP contribution in [0, 0.1) is 0 Å². The van der Waals surface area contributed by atoms with E-state index >= 15 is 0 Å². The molecule has 0 atom stereocenters. The molecule has 0 heterocycles. The monoisotopic (exact) mass is 265 g/mol. The molecule has 1 aliphatic rings. The molecule has 0 saturated carbocycles. The SMILES string of the molecule is CC(=O)Nc1ccc2c(c1)C=C=C(S(=O)(=O)O)C2. The van der Waals surface area contributed by atoms with Crippen LogP contribution in [0.25, 0.3) is 6.08 Å². The van der Waals surface area contributed by atoms with E-state index in [-0.39, 0.29) is 17.2 Å². The van der Waals surface area contributed by atoms with Crippen molar-refractivity contribution in [2.24, 2.45) is 0 Å². The van der Waals surface area contributed by atoms with Crippen LogP contribution < -0.4 is 5.32 Å². The molecule has 2 N–H and O–H groups in total. The Balaban J connectivity index is 2.41. The number of fused-ring (bicyclic) bond motifs is 1. The Kier molecular flexibility index (Phi) is 3.09. The van der Waals surface area contributed by atoms with Crippen LogP contribution in [-0.4, -0.2) is 18.9 Å². The van der Waals surface area contributed by atoms with E-state index in [1.54, 1.807) is 18.2 Å². The highest BCUT2D eigenvalue weighted by Gasteiger charge is 2.18. The second kappa shape index (κ2) is 4.42. The van der Waals surface area contributed by atoms with Gasteiger partial charge in [0.2, 0.25) is 5.91 Å². The van der Waals surface area contributed by atoms with Crippen molar-refractivity contribution in [2.75, 3.05) is 5.32 Å². The van der Waals surface area contributed by atoms with E-state index in [1.165, 1.54) is 13.0 Å². The van der Waals surface area contributed by atoms with Gasteiger partial charge in [-0.15, -0.1) is 5.73 Å². The van der Waals surface area contributed by atoms with Gasteiger partial charge in [0.15, 0.2) is 0 Å². The van der Waals surface area contributed by atoms with Crippen LogP contribution in [0.15, 0.2) is 28.8 Å². The minimum absolute atomic E-state index is 0.102. The third-order valence-electron chi connectivity index (χ3n) is 2.52. The van der Waals surface area contributed by atoms with Crippen molar-refractivity contribution in [2.45, 2.75) is 13.3 Å². The van der Waals surface area contributed by atoms with Crippen LogP contribution in [-0.2, 0) is 21.3 Å². The summed E-state index contributed by atoms with van der Waals surface area (Å²) in [7, 11) is -4.19. The predicted molar refractivity (Wildman–Crippen MR) is 67.5 cm³/mol. The molecule has 2 rings (SSSR count). The highest BCUT2D eigenvalue weighted by atomic mass is 32.2. The number of carbonyl (C=O) groups excluding carboxylic acids is 1. The van der Waals surface area contributed by atoms with Crippen LogP contribution in [0.2, 0.25) is 0 Å². The van der Waals surface area contributed by atoms with Gasteiger partial charge in [0.1, 0.15) is 4.91 Å². The lowest BCUT2D eigenvalue weighted by molar-refractivity contribution is -0.114. The molecule has 1 aliphatic carbocycles. The average molecular weight is 265 g/mol. The molecule has 0 spiro atoms. The van der Waals surface area contributed by atoms with Crippen LogP contribution in [0.1, 0.15) is 18.1 Å². The van der Waals surface area contributed by atoms with Crippen LogP contribution >= 0.6 is 0 Å². The topological polar surface area (TPSA) is 83.5 Å². The molecule has 94 valence electrons. The van der Waals surface area contributed by atoms with Crippen LogP contribution in [0.5, 0.6) is 0 Å². The summed E-state index contributed by atoms with van der Waals surface area (Å²) < 4.78 is 30.9. The van der Waals surface area contributed by atoms with E-state index in [2.05, 4.69) is 11.0 Å². The van der Waals surface area contributed by atoms with Gasteiger partial charge in [-0.1, -0.05) is 6.07 Å². The molecule has 6 heteroatoms. The van der Waals surface area contributed by atoms with E-state index in [0.29, 0.717) is 5.69 Å². The number of rotatable bonds is 2. The first kappa shape index (κ1) is 12.6. The van der Waals surface area contributed by atoms with Crippen molar-refractivity contribution in [3.05, 3.63) is 40.0 Å². The number of nitrogens with one attached hydrogen (secondary N) is 1. The third kappa shape index (κ3) is 2.68. The number of amides is 1. The summed E-state index contributed by atoms with van der Waals surface area (Å²) in [6.07, 6.45) is 1.58. The third-order valence-corrected chi connectivity index (χ3v) is 3.40. The van der Waals surface area contributed by atoms with Crippen molar-refractivity contribution in [3.8, 4) is 0 Å². The van der Waals surface area contributed by atoms with Gasteiger partial charge in [-0.05, 0) is 29.3 Å². The minimum atomic E-state index is -4.19. The standard InChI is InChI=1S/C12H11NO4S/c1-8(14)13-11-4-2-10-7-12(18(15,16)17)5-3-9(10)6-11/h2-4,6H,7H2,1H3,(H,13,14)(H,15,16,17). The maximum Gasteiger partial charge on any atom is 0.298 e. The minimum Gasteiger partial charge on any atom is -0.326 e. The van der Waals surface area contributed by atoms with E-state index < -0.39 is 10.1 Å². The molecule has 1 aromatic rings. The maximum absolute atomic E-state index is 11.0. The molecule has 1 amide bonds. The molecule has 18 heavy (non-hydrogen) atoms. The van der Waals surface area contributed by atoms with Crippen LogP contribution in [0.4, 0.5) is 5.69 Å². The van der Waals surface area contributed by atoms with Crippen molar-refractivity contribution >= 4 is 27.8 Å². The second-order valence-corrected chi connectivity index (χ2v) is 5.40. The van der Waals surface area contributed by atoms with E-state index in [0.717, 1.165) is 11.1 Å².